The van der Waals surface area contributed by atoms with Gasteiger partial charge in [0.05, 0.1) is 23.8 Å². The number of nitrogens with zero attached hydrogens (tertiary/aromatic N) is 2. The molecule has 59 heavy (non-hydrogen) atoms. The van der Waals surface area contributed by atoms with Crippen molar-refractivity contribution in [2.24, 2.45) is 0 Å². The molecule has 0 atom stereocenters. The van der Waals surface area contributed by atoms with Crippen LogP contribution in [-0.4, -0.2) is 73.1 Å². The number of benzene rings is 1. The summed E-state index contributed by atoms with van der Waals surface area (Å²) in [6, 6.07) is 7.19. The Kier molecular flexibility index (Phi) is 33.6. The van der Waals surface area contributed by atoms with Gasteiger partial charge in [-0.25, -0.2) is 0 Å². The topological polar surface area (TPSA) is 76.2 Å². The average molecular weight is 825 g/mol. The molecule has 1 aliphatic heterocycles. The Hall–Kier alpha value is -2.25. The Morgan fingerprint density at radius 2 is 0.915 bits per heavy atom. The molecule has 0 radical (unpaired) electrons. The van der Waals surface area contributed by atoms with Crippen molar-refractivity contribution in [2.75, 3.05) is 39.4 Å². The van der Waals surface area contributed by atoms with Gasteiger partial charge in [0.25, 0.3) is 11.8 Å². The van der Waals surface area contributed by atoms with E-state index in [0.717, 1.165) is 77.5 Å². The molecule has 0 aliphatic carbocycles. The van der Waals surface area contributed by atoms with E-state index in [4.69, 9.17) is 9.47 Å². The van der Waals surface area contributed by atoms with E-state index >= 15 is 0 Å². The Balaban J connectivity index is 1.65. The molecule has 0 N–H and O–H groups in total. The predicted molar refractivity (Wildman–Crippen MR) is 248 cm³/mol. The molecule has 2 amide bonds. The van der Waals surface area contributed by atoms with Crippen molar-refractivity contribution in [1.29, 1.82) is 0 Å². The smallest absolute Gasteiger partial charge is 0.305 e. The molecular weight excluding hydrogens is 733 g/mol. The zero-order valence-corrected chi connectivity index (χ0v) is 38.9. The van der Waals surface area contributed by atoms with E-state index < -0.39 is 0 Å². The quantitative estimate of drug-likeness (QED) is 0.0371. The lowest BCUT2D eigenvalue weighted by Gasteiger charge is -2.25. The van der Waals surface area contributed by atoms with E-state index in [9.17, 15) is 14.4 Å². The number of unbranched alkanes of at least 4 members (excludes halogenated alkanes) is 25. The zero-order chi connectivity index (χ0) is 42.4. The van der Waals surface area contributed by atoms with Crippen LogP contribution in [0, 0.1) is 0 Å². The summed E-state index contributed by atoms with van der Waals surface area (Å²) in [5.74, 6) is -0.367. The average Bonchev–Trinajstić information content (AvgIpc) is 3.49. The van der Waals surface area contributed by atoms with Gasteiger partial charge in [-0.1, -0.05) is 193 Å². The number of ether oxygens (including phenoxy) is 2. The van der Waals surface area contributed by atoms with Crippen LogP contribution in [0.5, 0.6) is 0 Å². The molecule has 1 aliphatic rings. The molecule has 0 bridgehead atoms. The van der Waals surface area contributed by atoms with Crippen molar-refractivity contribution >= 4 is 17.8 Å². The largest absolute Gasteiger partial charge is 0.466 e. The van der Waals surface area contributed by atoms with Crippen LogP contribution in [0.2, 0.25) is 0 Å². The number of esters is 1. The van der Waals surface area contributed by atoms with Crippen molar-refractivity contribution < 1.29 is 23.9 Å². The lowest BCUT2D eigenvalue weighted by Crippen LogP contribution is -2.39. The third-order valence-corrected chi connectivity index (χ3v) is 12.4. The first-order chi connectivity index (χ1) is 29.0. The molecule has 7 nitrogen and oxygen atoms in total. The lowest BCUT2D eigenvalue weighted by molar-refractivity contribution is -0.143. The Morgan fingerprint density at radius 3 is 1.41 bits per heavy atom. The van der Waals surface area contributed by atoms with Crippen molar-refractivity contribution in [3.63, 3.8) is 0 Å². The minimum absolute atomic E-state index is 0.0464. The van der Waals surface area contributed by atoms with E-state index in [-0.39, 0.29) is 17.8 Å². The molecule has 0 saturated carbocycles. The zero-order valence-electron chi connectivity index (χ0n) is 38.9. The normalized spacial score (nSPS) is 12.7. The summed E-state index contributed by atoms with van der Waals surface area (Å²) >= 11 is 0. The lowest BCUT2D eigenvalue weighted by atomic mass is 10.0. The maximum atomic E-state index is 13.0. The summed E-state index contributed by atoms with van der Waals surface area (Å²) in [5, 5.41) is 0. The highest BCUT2D eigenvalue weighted by molar-refractivity contribution is 6.21. The number of carbonyl (C=O) groups excluding carboxylic acids is 3. The van der Waals surface area contributed by atoms with Crippen LogP contribution >= 0.6 is 0 Å². The van der Waals surface area contributed by atoms with Gasteiger partial charge in [0.2, 0.25) is 0 Å². The van der Waals surface area contributed by atoms with Gasteiger partial charge < -0.3 is 14.4 Å². The molecule has 0 unspecified atom stereocenters. The predicted octanol–water partition coefficient (Wildman–Crippen LogP) is 14.4. The number of hydrogen-bond acceptors (Lipinski definition) is 6. The summed E-state index contributed by atoms with van der Waals surface area (Å²) in [6.45, 7) is 11.4. The van der Waals surface area contributed by atoms with Crippen molar-refractivity contribution in [2.45, 2.75) is 239 Å². The molecule has 1 aromatic carbocycles. The second-order valence-corrected chi connectivity index (χ2v) is 17.7. The molecule has 7 heteroatoms. The van der Waals surface area contributed by atoms with Gasteiger partial charge in [-0.3, -0.25) is 19.3 Å². The van der Waals surface area contributed by atoms with Crippen molar-refractivity contribution in [1.82, 2.24) is 9.80 Å². The number of rotatable bonds is 43. The van der Waals surface area contributed by atoms with Crippen LogP contribution in [0.3, 0.4) is 0 Å². The fourth-order valence-electron chi connectivity index (χ4n) is 8.48. The van der Waals surface area contributed by atoms with E-state index in [1.807, 2.05) is 12.1 Å². The first-order valence-corrected chi connectivity index (χ1v) is 25.5. The van der Waals surface area contributed by atoms with E-state index in [1.54, 1.807) is 12.1 Å². The first kappa shape index (κ1) is 52.9. The molecule has 0 aromatic heterocycles. The molecule has 0 spiro atoms. The van der Waals surface area contributed by atoms with E-state index in [2.05, 4.69) is 25.7 Å². The summed E-state index contributed by atoms with van der Waals surface area (Å²) < 4.78 is 12.0. The number of amides is 2. The standard InChI is InChI=1S/C52H92N2O5/c1-4-7-10-13-17-26-35-46-59-50(55)40-29-22-19-24-33-42-53(43-44-54-51(56)48-38-30-31-39-49(48)52(54)57)41-32-23-16-18-25-34-45-58-47(36-27-20-14-11-8-5-2)37-28-21-15-12-9-6-3/h30-31,38-39,47H,4-29,32-37,40-46H2,1-3H3. The molecule has 2 rings (SSSR count). The van der Waals surface area contributed by atoms with E-state index in [0.29, 0.717) is 43.3 Å². The van der Waals surface area contributed by atoms with Gasteiger partial charge in [-0.2, -0.15) is 0 Å². The number of fused-ring (bicyclic) bond motifs is 1. The Morgan fingerprint density at radius 1 is 0.508 bits per heavy atom. The number of imide groups is 1. The van der Waals surface area contributed by atoms with Gasteiger partial charge in [-0.05, 0) is 70.2 Å². The Labute approximate surface area is 363 Å². The minimum Gasteiger partial charge on any atom is -0.466 e. The second kappa shape index (κ2) is 37.5. The highest BCUT2D eigenvalue weighted by Gasteiger charge is 2.34. The van der Waals surface area contributed by atoms with Crippen LogP contribution < -0.4 is 0 Å². The highest BCUT2D eigenvalue weighted by atomic mass is 16.5. The molecular formula is C52H92N2O5. The van der Waals surface area contributed by atoms with Crippen LogP contribution in [-0.2, 0) is 14.3 Å². The SMILES string of the molecule is CCCCCCCCCOC(=O)CCCCCCCN(CCCCCCCCOC(CCCCCCCC)CCCCCCCC)CCN1C(=O)c2ccccc2C1=O. The number of hydrogen-bond donors (Lipinski definition) is 0. The third kappa shape index (κ3) is 26.6. The van der Waals surface area contributed by atoms with Crippen LogP contribution in [0.1, 0.15) is 253 Å². The fourth-order valence-corrected chi connectivity index (χ4v) is 8.48. The first-order valence-electron chi connectivity index (χ1n) is 25.5. The molecule has 1 aromatic rings. The fraction of sp³-hybridized carbons (Fsp3) is 0.827. The van der Waals surface area contributed by atoms with E-state index in [1.165, 1.54) is 153 Å². The number of carbonyl (C=O) groups is 3. The minimum atomic E-state index is -0.161. The maximum Gasteiger partial charge on any atom is 0.305 e. The molecule has 0 saturated heterocycles. The van der Waals surface area contributed by atoms with Crippen LogP contribution in [0.25, 0.3) is 0 Å². The van der Waals surface area contributed by atoms with Crippen molar-refractivity contribution in [3.05, 3.63) is 35.4 Å². The van der Waals surface area contributed by atoms with Crippen molar-refractivity contribution in [3.8, 4) is 0 Å². The summed E-state index contributed by atoms with van der Waals surface area (Å²) in [6.07, 6.45) is 40.8. The van der Waals surface area contributed by atoms with Gasteiger partial charge >= 0.3 is 5.97 Å². The van der Waals surface area contributed by atoms with Gasteiger partial charge in [-0.15, -0.1) is 0 Å². The summed E-state index contributed by atoms with van der Waals surface area (Å²) in [7, 11) is 0. The van der Waals surface area contributed by atoms with Gasteiger partial charge in [0.15, 0.2) is 0 Å². The third-order valence-electron chi connectivity index (χ3n) is 12.4. The molecule has 1 heterocycles. The maximum absolute atomic E-state index is 13.0. The monoisotopic (exact) mass is 825 g/mol. The molecule has 0 fully saturated rings. The summed E-state index contributed by atoms with van der Waals surface area (Å²) in [5.41, 5.74) is 1.06. The van der Waals surface area contributed by atoms with Gasteiger partial charge in [0.1, 0.15) is 0 Å². The van der Waals surface area contributed by atoms with Gasteiger partial charge in [0, 0.05) is 26.1 Å². The van der Waals surface area contributed by atoms with Crippen LogP contribution in [0.15, 0.2) is 24.3 Å². The Bertz CT molecular complexity index is 1120. The molecule has 340 valence electrons. The van der Waals surface area contributed by atoms with Crippen LogP contribution in [0.4, 0.5) is 0 Å². The second-order valence-electron chi connectivity index (χ2n) is 17.7. The highest BCUT2D eigenvalue weighted by Crippen LogP contribution is 2.23. The summed E-state index contributed by atoms with van der Waals surface area (Å²) in [4.78, 5) is 42.1.